The fourth-order valence-electron chi connectivity index (χ4n) is 3.70. The molecule has 0 bridgehead atoms. The van der Waals surface area contributed by atoms with Crippen LogP contribution in [0.5, 0.6) is 0 Å². The van der Waals surface area contributed by atoms with E-state index in [1.54, 1.807) is 12.3 Å². The molecule has 1 amide bonds. The minimum atomic E-state index is -0.441. The minimum absolute atomic E-state index is 0.441. The van der Waals surface area contributed by atoms with Crippen molar-refractivity contribution in [2.75, 3.05) is 0 Å². The van der Waals surface area contributed by atoms with E-state index in [0.717, 1.165) is 33.9 Å². The number of hydrogen-bond acceptors (Lipinski definition) is 3. The molecule has 0 unspecified atom stereocenters. The predicted octanol–water partition coefficient (Wildman–Crippen LogP) is 3.34. The average Bonchev–Trinajstić information content (AvgIpc) is 3.33. The fraction of sp³-hybridized carbons (Fsp3) is 0.0455. The van der Waals surface area contributed by atoms with Crippen LogP contribution < -0.4 is 5.73 Å². The second kappa shape index (κ2) is 5.96. The van der Waals surface area contributed by atoms with Crippen LogP contribution in [0.2, 0.25) is 0 Å². The molecule has 6 nitrogen and oxygen atoms in total. The largest absolute Gasteiger partial charge is 0.366 e. The van der Waals surface area contributed by atoms with Crippen LogP contribution in [0.15, 0.2) is 67.1 Å². The zero-order valence-corrected chi connectivity index (χ0v) is 14.8. The number of amides is 1. The molecule has 4 aromatic rings. The maximum atomic E-state index is 11.6. The molecule has 134 valence electrons. The Balaban J connectivity index is 1.67. The number of imidazole rings is 1. The lowest BCUT2D eigenvalue weighted by molar-refractivity contribution is 0.1000. The van der Waals surface area contributed by atoms with Crippen LogP contribution >= 0.6 is 0 Å². The van der Waals surface area contributed by atoms with Gasteiger partial charge < -0.3 is 10.3 Å². The van der Waals surface area contributed by atoms with E-state index in [4.69, 9.17) is 11.0 Å². The van der Waals surface area contributed by atoms with E-state index in [1.807, 2.05) is 47.2 Å². The lowest BCUT2D eigenvalue weighted by Crippen LogP contribution is -2.12. The van der Waals surface area contributed by atoms with Crippen molar-refractivity contribution < 1.29 is 4.79 Å². The molecule has 1 aliphatic rings. The van der Waals surface area contributed by atoms with Crippen molar-refractivity contribution in [3.63, 3.8) is 0 Å². The number of nitriles is 1. The lowest BCUT2D eigenvalue weighted by Gasteiger charge is -2.10. The molecule has 0 radical (unpaired) electrons. The first kappa shape index (κ1) is 16.1. The summed E-state index contributed by atoms with van der Waals surface area (Å²) >= 11 is 0. The molecule has 0 saturated carbocycles. The highest BCUT2D eigenvalue weighted by atomic mass is 16.1. The molecule has 0 aliphatic carbocycles. The maximum Gasteiger partial charge on any atom is 0.248 e. The smallest absolute Gasteiger partial charge is 0.248 e. The van der Waals surface area contributed by atoms with Gasteiger partial charge in [0.2, 0.25) is 5.91 Å². The van der Waals surface area contributed by atoms with Crippen LogP contribution in [0, 0.1) is 11.3 Å². The van der Waals surface area contributed by atoms with Crippen LogP contribution in [0.25, 0.3) is 28.3 Å². The zero-order valence-electron chi connectivity index (χ0n) is 14.8. The van der Waals surface area contributed by atoms with Crippen LogP contribution in [0.1, 0.15) is 21.5 Å². The Morgan fingerprint density at radius 1 is 1.11 bits per heavy atom. The number of nitrogens with two attached hydrogens (primary N) is 1. The highest BCUT2D eigenvalue weighted by molar-refractivity contribution is 5.93. The number of carbonyl (C=O) groups is 1. The molecule has 28 heavy (non-hydrogen) atoms. The van der Waals surface area contributed by atoms with E-state index in [9.17, 15) is 4.79 Å². The quantitative estimate of drug-likeness (QED) is 0.520. The Morgan fingerprint density at radius 2 is 1.93 bits per heavy atom. The van der Waals surface area contributed by atoms with Gasteiger partial charge in [-0.1, -0.05) is 12.1 Å². The van der Waals surface area contributed by atoms with Gasteiger partial charge in [0.1, 0.15) is 0 Å². The van der Waals surface area contributed by atoms with Crippen molar-refractivity contribution in [3.05, 3.63) is 83.8 Å². The Labute approximate surface area is 161 Å². The number of primary amides is 1. The van der Waals surface area contributed by atoms with E-state index in [0.29, 0.717) is 17.7 Å². The van der Waals surface area contributed by atoms with Gasteiger partial charge in [0, 0.05) is 36.3 Å². The molecule has 5 rings (SSSR count). The van der Waals surface area contributed by atoms with Gasteiger partial charge in [0.25, 0.3) is 0 Å². The summed E-state index contributed by atoms with van der Waals surface area (Å²) in [6, 6.07) is 17.3. The van der Waals surface area contributed by atoms with Crippen LogP contribution in [0.3, 0.4) is 0 Å². The van der Waals surface area contributed by atoms with Crippen molar-refractivity contribution in [2.24, 2.45) is 5.73 Å². The van der Waals surface area contributed by atoms with Crippen molar-refractivity contribution >= 4 is 5.91 Å². The topological polar surface area (TPSA) is 89.6 Å². The number of carbonyl (C=O) groups excluding carboxylic acids is 1. The number of fused-ring (bicyclic) bond motifs is 5. The summed E-state index contributed by atoms with van der Waals surface area (Å²) in [6.07, 6.45) is 5.76. The summed E-state index contributed by atoms with van der Waals surface area (Å²) in [4.78, 5) is 16.2. The molecule has 2 aromatic carbocycles. The van der Waals surface area contributed by atoms with Crippen molar-refractivity contribution in [3.8, 4) is 34.4 Å². The molecule has 0 spiro atoms. The SMILES string of the molecule is N#Cc1ccc(-c2cc3n(c2)Cc2cc(C(N)=O)ccc2-n2ccnc2-3)cc1. The summed E-state index contributed by atoms with van der Waals surface area (Å²) < 4.78 is 4.16. The highest BCUT2D eigenvalue weighted by Crippen LogP contribution is 2.34. The summed E-state index contributed by atoms with van der Waals surface area (Å²) in [5, 5.41) is 9.00. The lowest BCUT2D eigenvalue weighted by atomic mass is 10.1. The Bertz CT molecular complexity index is 1270. The first-order chi connectivity index (χ1) is 13.6. The molecule has 0 saturated heterocycles. The fourth-order valence-corrected chi connectivity index (χ4v) is 3.70. The van der Waals surface area contributed by atoms with Gasteiger partial charge in [0.05, 0.1) is 23.0 Å². The highest BCUT2D eigenvalue weighted by Gasteiger charge is 2.21. The summed E-state index contributed by atoms with van der Waals surface area (Å²) in [5.41, 5.74) is 11.6. The normalized spacial score (nSPS) is 11.7. The molecule has 0 atom stereocenters. The van der Waals surface area contributed by atoms with E-state index in [2.05, 4.69) is 27.9 Å². The van der Waals surface area contributed by atoms with Gasteiger partial charge in [-0.2, -0.15) is 5.26 Å². The molecule has 0 fully saturated rings. The standard InChI is InChI=1S/C22H15N5O/c23-11-14-1-3-15(4-2-14)17-10-20-22-25-7-8-27(22)19-6-5-16(21(24)28)9-18(19)13-26(20)12-17/h1-10,12H,13H2,(H2,24,28). The average molecular weight is 365 g/mol. The summed E-state index contributed by atoms with van der Waals surface area (Å²) in [6.45, 7) is 0.603. The number of rotatable bonds is 2. The molecule has 6 heteroatoms. The molecule has 1 aliphatic heterocycles. The molecular formula is C22H15N5O. The third-order valence-electron chi connectivity index (χ3n) is 5.08. The monoisotopic (exact) mass is 365 g/mol. The van der Waals surface area contributed by atoms with Gasteiger partial charge in [-0.05, 0) is 47.5 Å². The van der Waals surface area contributed by atoms with Gasteiger partial charge in [-0.25, -0.2) is 4.98 Å². The molecular weight excluding hydrogens is 350 g/mol. The van der Waals surface area contributed by atoms with Crippen LogP contribution in [0.4, 0.5) is 0 Å². The van der Waals surface area contributed by atoms with Gasteiger partial charge in [-0.15, -0.1) is 0 Å². The third-order valence-corrected chi connectivity index (χ3v) is 5.08. The number of nitrogens with zero attached hydrogens (tertiary/aromatic N) is 4. The van der Waals surface area contributed by atoms with Crippen molar-refractivity contribution in [1.29, 1.82) is 5.26 Å². The zero-order chi connectivity index (χ0) is 19.3. The van der Waals surface area contributed by atoms with Crippen LogP contribution in [-0.4, -0.2) is 20.0 Å². The predicted molar refractivity (Wildman–Crippen MR) is 105 cm³/mol. The van der Waals surface area contributed by atoms with Gasteiger partial charge in [0.15, 0.2) is 5.82 Å². The molecule has 3 heterocycles. The van der Waals surface area contributed by atoms with Gasteiger partial charge >= 0.3 is 0 Å². The maximum absolute atomic E-state index is 11.6. The second-order valence-electron chi connectivity index (χ2n) is 6.76. The first-order valence-corrected chi connectivity index (χ1v) is 8.81. The van der Waals surface area contributed by atoms with Crippen molar-refractivity contribution in [2.45, 2.75) is 6.54 Å². The third kappa shape index (κ3) is 2.42. The second-order valence-corrected chi connectivity index (χ2v) is 6.76. The summed E-state index contributed by atoms with van der Waals surface area (Å²) in [5.74, 6) is 0.398. The Morgan fingerprint density at radius 3 is 2.68 bits per heavy atom. The Kier molecular flexibility index (Phi) is 3.43. The molecule has 2 N–H and O–H groups in total. The number of aromatic nitrogens is 3. The first-order valence-electron chi connectivity index (χ1n) is 8.81. The minimum Gasteiger partial charge on any atom is -0.366 e. The van der Waals surface area contributed by atoms with E-state index in [-0.39, 0.29) is 0 Å². The van der Waals surface area contributed by atoms with E-state index < -0.39 is 5.91 Å². The number of benzene rings is 2. The molecule has 2 aromatic heterocycles. The summed E-state index contributed by atoms with van der Waals surface area (Å²) in [7, 11) is 0. The van der Waals surface area contributed by atoms with Gasteiger partial charge in [-0.3, -0.25) is 9.36 Å². The van der Waals surface area contributed by atoms with E-state index in [1.165, 1.54) is 0 Å². The number of hydrogen-bond donors (Lipinski definition) is 1. The van der Waals surface area contributed by atoms with E-state index >= 15 is 0 Å². The van der Waals surface area contributed by atoms with Crippen LogP contribution in [-0.2, 0) is 6.54 Å². The van der Waals surface area contributed by atoms with Crippen molar-refractivity contribution in [1.82, 2.24) is 14.1 Å². The Hall–Kier alpha value is -4.11.